The molecule has 1 fully saturated rings. The van der Waals surface area contributed by atoms with Crippen LogP contribution in [0.2, 0.25) is 0 Å². The number of hydrogen-bond donors (Lipinski definition) is 3. The molecule has 0 saturated carbocycles. The Balaban J connectivity index is 2.72. The van der Waals surface area contributed by atoms with Gasteiger partial charge in [0, 0.05) is 19.3 Å². The fraction of sp³-hybridized carbons (Fsp3) is 0.652. The van der Waals surface area contributed by atoms with Gasteiger partial charge in [-0.15, -0.1) is 0 Å². The number of esters is 3. The van der Waals surface area contributed by atoms with Gasteiger partial charge in [0.05, 0.1) is 6.61 Å². The Labute approximate surface area is 490 Å². The average molecular weight is 1130 g/mol. The van der Waals surface area contributed by atoms with Gasteiger partial charge in [0.15, 0.2) is 24.6 Å². The Morgan fingerprint density at radius 2 is 0.778 bits per heavy atom. The van der Waals surface area contributed by atoms with Crippen LogP contribution in [0.4, 0.5) is 0 Å². The van der Waals surface area contributed by atoms with Gasteiger partial charge in [-0.05, 0) is 128 Å². The maximum Gasteiger partial charge on any atom is 0.335 e. The minimum atomic E-state index is -1.93. The SMILES string of the molecule is CC/C=C\C/C=C\C/C=C\C/C=C\C/C=C\CCCCCC(=O)OC1C(OCC(COC(=O)CCCCCC/C=C\C/C=C\C/C=C\C/C=C\CC)OC(=O)CCCCCCC/C=C\CCCCCCCC)OC(C(=O)O)C(O)C1O. The van der Waals surface area contributed by atoms with Gasteiger partial charge in [-0.3, -0.25) is 14.4 Å². The van der Waals surface area contributed by atoms with E-state index in [1.807, 2.05) is 0 Å². The molecule has 0 radical (unpaired) electrons. The van der Waals surface area contributed by atoms with Gasteiger partial charge in [-0.25, -0.2) is 4.79 Å². The lowest BCUT2D eigenvalue weighted by Crippen LogP contribution is -2.61. The second kappa shape index (κ2) is 55.6. The summed E-state index contributed by atoms with van der Waals surface area (Å²) in [6, 6.07) is 0. The van der Waals surface area contributed by atoms with Crippen LogP contribution in [0.3, 0.4) is 0 Å². The van der Waals surface area contributed by atoms with Crippen LogP contribution in [0.1, 0.15) is 239 Å². The fourth-order valence-corrected chi connectivity index (χ4v) is 8.73. The van der Waals surface area contributed by atoms with Crippen molar-refractivity contribution >= 4 is 23.9 Å². The van der Waals surface area contributed by atoms with Crippen molar-refractivity contribution in [1.82, 2.24) is 0 Å². The van der Waals surface area contributed by atoms with E-state index >= 15 is 0 Å². The summed E-state index contributed by atoms with van der Waals surface area (Å²) in [6.07, 6.45) is 64.4. The van der Waals surface area contributed by atoms with Crippen molar-refractivity contribution in [2.24, 2.45) is 0 Å². The number of carboxylic acids is 1. The number of aliphatic hydroxyl groups excluding tert-OH is 2. The number of ether oxygens (including phenoxy) is 5. The van der Waals surface area contributed by atoms with Crippen LogP contribution in [-0.4, -0.2) is 89.2 Å². The normalized spacial score (nSPS) is 18.6. The lowest BCUT2D eigenvalue weighted by atomic mass is 9.98. The third kappa shape index (κ3) is 45.3. The molecule has 458 valence electrons. The number of aliphatic carboxylic acids is 1. The minimum absolute atomic E-state index is 0.0118. The lowest BCUT2D eigenvalue weighted by molar-refractivity contribution is -0.301. The second-order valence-electron chi connectivity index (χ2n) is 20.9. The molecular weight excluding hydrogens is 1020 g/mol. The number of rotatable bonds is 52. The monoisotopic (exact) mass is 1130 g/mol. The molecule has 0 aliphatic carbocycles. The van der Waals surface area contributed by atoms with Crippen LogP contribution in [0.15, 0.2) is 122 Å². The molecule has 6 atom stereocenters. The molecule has 1 saturated heterocycles. The van der Waals surface area contributed by atoms with Crippen molar-refractivity contribution in [3.8, 4) is 0 Å². The van der Waals surface area contributed by atoms with Crippen molar-refractivity contribution in [2.75, 3.05) is 13.2 Å². The molecular formula is C69H110O12. The zero-order valence-corrected chi connectivity index (χ0v) is 50.5. The maximum atomic E-state index is 13.2. The highest BCUT2D eigenvalue weighted by Crippen LogP contribution is 2.26. The van der Waals surface area contributed by atoms with Gasteiger partial charge in [-0.1, -0.05) is 213 Å². The summed E-state index contributed by atoms with van der Waals surface area (Å²) < 4.78 is 28.4. The Kier molecular flexibility index (Phi) is 50.9. The lowest BCUT2D eigenvalue weighted by Gasteiger charge is -2.40. The maximum absolute atomic E-state index is 13.2. The van der Waals surface area contributed by atoms with Crippen LogP contribution in [0.25, 0.3) is 0 Å². The van der Waals surface area contributed by atoms with E-state index in [0.717, 1.165) is 141 Å². The van der Waals surface area contributed by atoms with Crippen molar-refractivity contribution < 1.29 is 58.2 Å². The molecule has 1 heterocycles. The van der Waals surface area contributed by atoms with Gasteiger partial charge in [-0.2, -0.15) is 0 Å². The van der Waals surface area contributed by atoms with E-state index < -0.39 is 67.3 Å². The number of allylic oxidation sites excluding steroid dienone is 20. The Morgan fingerprint density at radius 3 is 1.21 bits per heavy atom. The van der Waals surface area contributed by atoms with E-state index in [1.54, 1.807) is 0 Å². The summed E-state index contributed by atoms with van der Waals surface area (Å²) in [6.45, 7) is 5.72. The van der Waals surface area contributed by atoms with E-state index in [2.05, 4.69) is 142 Å². The minimum Gasteiger partial charge on any atom is -0.479 e. The Hall–Kier alpha value is -4.88. The molecule has 0 amide bonds. The summed E-state index contributed by atoms with van der Waals surface area (Å²) in [5.74, 6) is -3.22. The van der Waals surface area contributed by atoms with Gasteiger partial charge in [0.2, 0.25) is 0 Å². The number of carbonyl (C=O) groups is 4. The van der Waals surface area contributed by atoms with Crippen LogP contribution >= 0.6 is 0 Å². The first kappa shape index (κ1) is 74.1. The summed E-state index contributed by atoms with van der Waals surface area (Å²) >= 11 is 0. The fourth-order valence-electron chi connectivity index (χ4n) is 8.73. The quantitative estimate of drug-likeness (QED) is 0.0228. The van der Waals surface area contributed by atoms with Gasteiger partial charge >= 0.3 is 23.9 Å². The summed E-state index contributed by atoms with van der Waals surface area (Å²) in [7, 11) is 0. The number of carboxylic acid groups (broad SMARTS) is 1. The molecule has 0 aromatic heterocycles. The van der Waals surface area contributed by atoms with Crippen molar-refractivity contribution in [2.45, 2.75) is 276 Å². The van der Waals surface area contributed by atoms with Crippen molar-refractivity contribution in [3.05, 3.63) is 122 Å². The summed E-state index contributed by atoms with van der Waals surface area (Å²) in [4.78, 5) is 51.3. The van der Waals surface area contributed by atoms with E-state index in [4.69, 9.17) is 23.7 Å². The van der Waals surface area contributed by atoms with E-state index in [0.29, 0.717) is 19.3 Å². The molecule has 12 nitrogen and oxygen atoms in total. The molecule has 12 heteroatoms. The van der Waals surface area contributed by atoms with Crippen LogP contribution < -0.4 is 0 Å². The van der Waals surface area contributed by atoms with Crippen LogP contribution in [0, 0.1) is 0 Å². The third-order valence-corrected chi connectivity index (χ3v) is 13.5. The molecule has 0 aromatic carbocycles. The van der Waals surface area contributed by atoms with E-state index in [9.17, 15) is 34.5 Å². The van der Waals surface area contributed by atoms with E-state index in [-0.39, 0.29) is 25.9 Å². The largest absolute Gasteiger partial charge is 0.479 e. The van der Waals surface area contributed by atoms with Gasteiger partial charge in [0.1, 0.15) is 18.8 Å². The third-order valence-electron chi connectivity index (χ3n) is 13.5. The molecule has 3 N–H and O–H groups in total. The zero-order valence-electron chi connectivity index (χ0n) is 50.5. The standard InChI is InChI=1S/C69H110O12/c1-4-7-10-13-16-19-22-25-28-30-31-33-36-39-42-45-48-51-54-57-63(72)80-67-65(74)64(73)66(68(75)76)81-69(67)78-59-60(79-62(71)56-53-50-47-44-41-38-34-27-24-21-18-15-12-9-6-3)58-77-61(70)55-52-49-46-43-40-37-35-32-29-26-23-20-17-14-11-8-5-2/h7-8,10-11,16-17,19-20,25-29,31,33-35,37,39,42,60,64-67,69,73-74H,4-6,9,12-15,18,21-24,30,32,36,38,40-41,43-59H2,1-3H3,(H,75,76)/b10-7-,11-8-,19-16-,20-17-,28-25-,29-26-,33-31-,34-27-,37-35-,42-39-. The molecule has 6 unspecified atom stereocenters. The molecule has 0 spiro atoms. The predicted octanol–water partition coefficient (Wildman–Crippen LogP) is 16.8. The van der Waals surface area contributed by atoms with Gasteiger partial charge < -0.3 is 39.0 Å². The number of hydrogen-bond acceptors (Lipinski definition) is 11. The Morgan fingerprint density at radius 1 is 0.420 bits per heavy atom. The van der Waals surface area contributed by atoms with Gasteiger partial charge in [0.25, 0.3) is 0 Å². The first-order valence-corrected chi connectivity index (χ1v) is 31.5. The highest BCUT2D eigenvalue weighted by Gasteiger charge is 2.50. The predicted molar refractivity (Wildman–Crippen MR) is 330 cm³/mol. The second-order valence-corrected chi connectivity index (χ2v) is 20.9. The number of aliphatic hydroxyl groups is 2. The topological polar surface area (TPSA) is 175 Å². The van der Waals surface area contributed by atoms with Crippen molar-refractivity contribution in [1.29, 1.82) is 0 Å². The van der Waals surface area contributed by atoms with E-state index in [1.165, 1.54) is 38.5 Å². The molecule has 81 heavy (non-hydrogen) atoms. The molecule has 0 bridgehead atoms. The number of carbonyl (C=O) groups excluding carboxylic acids is 3. The molecule has 1 rings (SSSR count). The smallest absolute Gasteiger partial charge is 0.335 e. The van der Waals surface area contributed by atoms with Crippen LogP contribution in [0.5, 0.6) is 0 Å². The molecule has 1 aliphatic rings. The molecule has 1 aliphatic heterocycles. The highest BCUT2D eigenvalue weighted by molar-refractivity contribution is 5.74. The zero-order chi connectivity index (χ0) is 58.9. The Bertz CT molecular complexity index is 1870. The first-order chi connectivity index (χ1) is 39.6. The summed E-state index contributed by atoms with van der Waals surface area (Å²) in [5.41, 5.74) is 0. The van der Waals surface area contributed by atoms with Crippen molar-refractivity contribution in [3.63, 3.8) is 0 Å². The number of unbranched alkanes of at least 4 members (excludes halogenated alkanes) is 18. The first-order valence-electron chi connectivity index (χ1n) is 31.5. The summed E-state index contributed by atoms with van der Waals surface area (Å²) in [5, 5.41) is 31.6. The highest BCUT2D eigenvalue weighted by atomic mass is 16.7. The van der Waals surface area contributed by atoms with Crippen LogP contribution in [-0.2, 0) is 42.9 Å². The molecule has 0 aromatic rings. The average Bonchev–Trinajstić information content (AvgIpc) is 3.54.